The van der Waals surface area contributed by atoms with Crippen molar-refractivity contribution in [3.63, 3.8) is 0 Å². The third-order valence-electron chi connectivity index (χ3n) is 15.7. The molecule has 2 aliphatic carbocycles. The number of aliphatic hydroxyl groups is 4. The molecule has 370 valence electrons. The van der Waals surface area contributed by atoms with Gasteiger partial charge in [-0.2, -0.15) is 0 Å². The Balaban J connectivity index is 1.91. The molecule has 0 radical (unpaired) electrons. The molecule has 12 heteroatoms. The average Bonchev–Trinajstić information content (AvgIpc) is 3.24. The number of carbonyl (C=O) groups excluding carboxylic acids is 2. The van der Waals surface area contributed by atoms with Gasteiger partial charge in [0.1, 0.15) is 5.78 Å². The number of rotatable bonds is 16. The van der Waals surface area contributed by atoms with E-state index in [0.29, 0.717) is 50.0 Å². The third-order valence-corrected chi connectivity index (χ3v) is 15.7. The van der Waals surface area contributed by atoms with E-state index in [-0.39, 0.29) is 67.2 Å². The molecule has 1 heterocycles. The zero-order chi connectivity index (χ0) is 48.7. The molecule has 8 unspecified atom stereocenters. The molecule has 0 saturated carbocycles. The highest BCUT2D eigenvalue weighted by Gasteiger charge is 2.49. The fraction of sp³-hybridized carbons (Fsp3) is 0.774. The van der Waals surface area contributed by atoms with Crippen LogP contribution in [0.2, 0.25) is 0 Å². The quantitative estimate of drug-likeness (QED) is 0.0922. The van der Waals surface area contributed by atoms with Crippen molar-refractivity contribution >= 4 is 17.1 Å². The van der Waals surface area contributed by atoms with Crippen LogP contribution in [0.1, 0.15) is 152 Å². The summed E-state index contributed by atoms with van der Waals surface area (Å²) in [5, 5.41) is 47.8. The number of allylic oxidation sites excluding steroid dienone is 3. The van der Waals surface area contributed by atoms with Crippen LogP contribution in [0.25, 0.3) is 5.57 Å². The van der Waals surface area contributed by atoms with Crippen molar-refractivity contribution in [1.29, 1.82) is 0 Å². The van der Waals surface area contributed by atoms with Gasteiger partial charge in [0, 0.05) is 32.3 Å². The van der Waals surface area contributed by atoms with Gasteiger partial charge in [-0.05, 0) is 151 Å². The van der Waals surface area contributed by atoms with Crippen LogP contribution in [-0.2, 0) is 35.0 Å². The number of benzene rings is 1. The number of ether oxygens (including phenoxy) is 6. The summed E-state index contributed by atoms with van der Waals surface area (Å²) in [5.74, 6) is -1.06. The van der Waals surface area contributed by atoms with Gasteiger partial charge in [-0.3, -0.25) is 9.59 Å². The molecule has 3 aliphatic rings. The van der Waals surface area contributed by atoms with Gasteiger partial charge in [-0.15, -0.1) is 0 Å². The van der Waals surface area contributed by atoms with Crippen molar-refractivity contribution in [2.45, 2.75) is 208 Å². The predicted molar refractivity (Wildman–Crippen MR) is 254 cm³/mol. The summed E-state index contributed by atoms with van der Waals surface area (Å²) in [7, 11) is 4.79. The van der Waals surface area contributed by atoms with Crippen molar-refractivity contribution in [2.75, 3.05) is 21.3 Å². The summed E-state index contributed by atoms with van der Waals surface area (Å²) in [5.41, 5.74) is 2.09. The first-order chi connectivity index (χ1) is 30.4. The van der Waals surface area contributed by atoms with Crippen LogP contribution in [0, 0.1) is 35.5 Å². The Morgan fingerprint density at radius 1 is 0.923 bits per heavy atom. The standard InChI is InChI=1S/C53H86O12/c1-16-41-44(27-48-50(57)29(2)21-32(5)63-48)53(12,59)28-30(3)42(18-17-38-23-40(55)24-39-25-46(61-14)47(62-15)26-43(38)39)33(6)35(8)52(11,58)20-19-45(56)34(7)51(41)65-49(22-31(4)60-13)64-37(10)36(9)54/h23,25-26,29,31-37,41,44,48-51,54,57-59H,16-22,24,27-28H2,1-15H3/b42-30-/t29?,31-,32?,33?,34?,35?,36?,37+,41-,44-,48?,49?,50-,51-,52-,53-/m1/s1. The zero-order valence-electron chi connectivity index (χ0n) is 42.4. The average molecular weight is 915 g/mol. The van der Waals surface area contributed by atoms with Crippen LogP contribution in [0.5, 0.6) is 11.5 Å². The van der Waals surface area contributed by atoms with Gasteiger partial charge in [-0.25, -0.2) is 0 Å². The van der Waals surface area contributed by atoms with E-state index in [1.807, 2.05) is 67.5 Å². The molecule has 1 saturated heterocycles. The molecule has 1 aromatic carbocycles. The summed E-state index contributed by atoms with van der Waals surface area (Å²) >= 11 is 0. The number of hydrogen-bond acceptors (Lipinski definition) is 12. The van der Waals surface area contributed by atoms with Crippen molar-refractivity contribution in [3.05, 3.63) is 40.5 Å². The van der Waals surface area contributed by atoms with Crippen LogP contribution < -0.4 is 9.47 Å². The van der Waals surface area contributed by atoms with Gasteiger partial charge in [0.25, 0.3) is 0 Å². The first-order valence-corrected chi connectivity index (χ1v) is 24.4. The summed E-state index contributed by atoms with van der Waals surface area (Å²) in [6, 6.07) is 3.82. The second-order valence-corrected chi connectivity index (χ2v) is 20.7. The minimum atomic E-state index is -1.41. The van der Waals surface area contributed by atoms with Gasteiger partial charge in [-0.1, -0.05) is 52.2 Å². The van der Waals surface area contributed by atoms with E-state index in [1.54, 1.807) is 41.3 Å². The molecule has 0 spiro atoms. The Morgan fingerprint density at radius 3 is 2.17 bits per heavy atom. The van der Waals surface area contributed by atoms with E-state index in [9.17, 15) is 30.0 Å². The van der Waals surface area contributed by atoms with E-state index < -0.39 is 65.8 Å². The molecule has 1 aliphatic heterocycles. The molecule has 0 bridgehead atoms. The van der Waals surface area contributed by atoms with Crippen LogP contribution in [-0.4, -0.2) is 114 Å². The highest BCUT2D eigenvalue weighted by Crippen LogP contribution is 2.47. The first kappa shape index (κ1) is 54.9. The van der Waals surface area contributed by atoms with Gasteiger partial charge in [0.05, 0.1) is 68.1 Å². The second-order valence-electron chi connectivity index (χ2n) is 20.7. The van der Waals surface area contributed by atoms with Crippen LogP contribution >= 0.6 is 0 Å². The van der Waals surface area contributed by atoms with Crippen molar-refractivity contribution < 1.29 is 58.4 Å². The van der Waals surface area contributed by atoms with E-state index in [2.05, 4.69) is 13.8 Å². The fourth-order valence-corrected chi connectivity index (χ4v) is 11.0. The number of ketones is 2. The highest BCUT2D eigenvalue weighted by atomic mass is 16.7. The lowest BCUT2D eigenvalue weighted by Gasteiger charge is -2.47. The first-order valence-electron chi connectivity index (χ1n) is 24.4. The summed E-state index contributed by atoms with van der Waals surface area (Å²) in [4.78, 5) is 27.8. The lowest BCUT2D eigenvalue weighted by atomic mass is 9.65. The number of Topliss-reactive ketones (excluding diaryl/α,β-unsaturated/α-hetero) is 1. The van der Waals surface area contributed by atoms with Crippen molar-refractivity contribution in [1.82, 2.24) is 0 Å². The van der Waals surface area contributed by atoms with E-state index in [4.69, 9.17) is 28.4 Å². The molecule has 1 fully saturated rings. The summed E-state index contributed by atoms with van der Waals surface area (Å²) in [6.07, 6.45) is 0.783. The van der Waals surface area contributed by atoms with E-state index in [0.717, 1.165) is 27.8 Å². The van der Waals surface area contributed by atoms with E-state index in [1.165, 1.54) is 0 Å². The molecule has 1 aromatic rings. The Morgan fingerprint density at radius 2 is 1.57 bits per heavy atom. The van der Waals surface area contributed by atoms with Gasteiger partial charge in [0.2, 0.25) is 0 Å². The lowest BCUT2D eigenvalue weighted by Crippen LogP contribution is -2.52. The number of methoxy groups -OCH3 is 3. The van der Waals surface area contributed by atoms with Crippen LogP contribution in [0.3, 0.4) is 0 Å². The molecule has 12 nitrogen and oxygen atoms in total. The summed E-state index contributed by atoms with van der Waals surface area (Å²) < 4.78 is 36.9. The van der Waals surface area contributed by atoms with E-state index >= 15 is 0 Å². The molecule has 65 heavy (non-hydrogen) atoms. The minimum Gasteiger partial charge on any atom is -0.493 e. The maximum atomic E-state index is 14.6. The monoisotopic (exact) mass is 915 g/mol. The molecule has 4 N–H and O–H groups in total. The van der Waals surface area contributed by atoms with Gasteiger partial charge < -0.3 is 48.8 Å². The molecule has 16 atom stereocenters. The number of carbonyl (C=O) groups is 2. The Labute approximate surface area is 390 Å². The van der Waals surface area contributed by atoms with Crippen LogP contribution in [0.15, 0.2) is 29.4 Å². The number of aliphatic hydroxyl groups excluding tert-OH is 2. The Hall–Kier alpha value is -2.68. The minimum absolute atomic E-state index is 0.00762. The molecular formula is C53H86O12. The third kappa shape index (κ3) is 13.7. The van der Waals surface area contributed by atoms with Crippen molar-refractivity contribution in [2.24, 2.45) is 35.5 Å². The molecular weight excluding hydrogens is 829 g/mol. The number of fused-ring (bicyclic) bond motifs is 1. The maximum Gasteiger partial charge on any atom is 0.161 e. The number of hydrogen-bond donors (Lipinski definition) is 4. The Bertz CT molecular complexity index is 1800. The summed E-state index contributed by atoms with van der Waals surface area (Å²) in [6.45, 7) is 23.2. The Kier molecular flexibility index (Phi) is 19.9. The van der Waals surface area contributed by atoms with Crippen molar-refractivity contribution in [3.8, 4) is 11.5 Å². The highest BCUT2D eigenvalue weighted by molar-refractivity contribution is 6.02. The normalized spacial score (nSPS) is 36.2. The zero-order valence-corrected chi connectivity index (χ0v) is 42.4. The SMILES string of the molecule is CC[C@H]1[C@H](OC(C[C@@H](C)OC)O[C@@H](C)C(C)O)C(C)C(=O)CC[C@@](C)(O)C(C)C(C)/C(CCC2=CC(=O)Cc3cc(OC)c(OC)cc32)=C(/C)C[C@@](C)(O)[C@@H]1CC1OC(C)CC(C)[C@H]1O. The second kappa shape index (κ2) is 23.6. The lowest BCUT2D eigenvalue weighted by molar-refractivity contribution is -0.242. The van der Waals surface area contributed by atoms with Gasteiger partial charge >= 0.3 is 0 Å². The smallest absolute Gasteiger partial charge is 0.161 e. The molecule has 4 rings (SSSR count). The molecule has 0 amide bonds. The fourth-order valence-electron chi connectivity index (χ4n) is 11.0. The van der Waals surface area contributed by atoms with Crippen LogP contribution in [0.4, 0.5) is 0 Å². The largest absolute Gasteiger partial charge is 0.493 e. The van der Waals surface area contributed by atoms with Gasteiger partial charge in [0.15, 0.2) is 23.6 Å². The molecule has 0 aromatic heterocycles. The maximum absolute atomic E-state index is 14.6. The topological polar surface area (TPSA) is 170 Å². The predicted octanol–water partition coefficient (Wildman–Crippen LogP) is 8.60.